The zero-order valence-electron chi connectivity index (χ0n) is 26.8. The highest BCUT2D eigenvalue weighted by Crippen LogP contribution is 2.29. The Hall–Kier alpha value is -3.21. The number of benzene rings is 1. The average Bonchev–Trinajstić information content (AvgIpc) is 3.44. The van der Waals surface area contributed by atoms with Crippen molar-refractivity contribution in [3.8, 4) is 5.75 Å². The van der Waals surface area contributed by atoms with Crippen LogP contribution in [0, 0.1) is 5.92 Å². The molecule has 16 heteroatoms. The van der Waals surface area contributed by atoms with Crippen molar-refractivity contribution in [3.63, 3.8) is 0 Å². The molecule has 0 saturated heterocycles. The summed E-state index contributed by atoms with van der Waals surface area (Å²) in [6.45, 7) is 5.28. The molecular formula is C30H44F3N5O7S. The molecule has 2 heterocycles. The summed E-state index contributed by atoms with van der Waals surface area (Å²) in [5.74, 6) is -1.61. The maximum Gasteiger partial charge on any atom is 0.389 e. The molecule has 0 fully saturated rings. The molecule has 46 heavy (non-hydrogen) atoms. The van der Waals surface area contributed by atoms with Crippen LogP contribution in [0.25, 0.3) is 0 Å². The fourth-order valence-corrected chi connectivity index (χ4v) is 6.12. The molecule has 0 radical (unpaired) electrons. The van der Waals surface area contributed by atoms with E-state index in [4.69, 9.17) is 9.47 Å². The van der Waals surface area contributed by atoms with Gasteiger partial charge in [-0.1, -0.05) is 6.92 Å². The number of aryl methyl sites for hydroxylation is 1. The summed E-state index contributed by atoms with van der Waals surface area (Å²) in [6, 6.07) is 3.61. The van der Waals surface area contributed by atoms with Crippen molar-refractivity contribution in [2.75, 3.05) is 38.7 Å². The molecule has 2 N–H and O–H groups in total. The summed E-state index contributed by atoms with van der Waals surface area (Å²) >= 11 is 0. The van der Waals surface area contributed by atoms with Crippen LogP contribution in [0.3, 0.4) is 0 Å². The number of hydrogen-bond donors (Lipinski definition) is 2. The van der Waals surface area contributed by atoms with Crippen molar-refractivity contribution in [2.45, 2.75) is 82.3 Å². The van der Waals surface area contributed by atoms with Crippen molar-refractivity contribution in [1.29, 1.82) is 0 Å². The number of aliphatic hydroxyl groups is 1. The number of aliphatic hydroxyl groups excluding tert-OH is 1. The van der Waals surface area contributed by atoms with Crippen molar-refractivity contribution in [1.82, 2.24) is 18.8 Å². The third kappa shape index (κ3) is 10.4. The first kappa shape index (κ1) is 37.2. The number of halogens is 3. The number of carbonyl (C=O) groups is 2. The molecule has 1 aliphatic rings. The van der Waals surface area contributed by atoms with Crippen LogP contribution in [0.2, 0.25) is 0 Å². The Labute approximate surface area is 267 Å². The number of amides is 2. The number of carbonyl (C=O) groups excluding carboxylic acids is 2. The van der Waals surface area contributed by atoms with Crippen LogP contribution in [0.4, 0.5) is 18.9 Å². The molecule has 0 spiro atoms. The Bertz CT molecular complexity index is 1440. The van der Waals surface area contributed by atoms with E-state index in [2.05, 4.69) is 10.3 Å². The lowest BCUT2D eigenvalue weighted by molar-refractivity contribution is -0.142. The van der Waals surface area contributed by atoms with E-state index in [1.807, 2.05) is 13.8 Å². The van der Waals surface area contributed by atoms with E-state index >= 15 is 0 Å². The zero-order valence-corrected chi connectivity index (χ0v) is 27.6. The van der Waals surface area contributed by atoms with Gasteiger partial charge in [-0.3, -0.25) is 9.59 Å². The van der Waals surface area contributed by atoms with Crippen molar-refractivity contribution >= 4 is 27.5 Å². The first-order valence-corrected chi connectivity index (χ1v) is 16.6. The average molecular weight is 676 g/mol. The summed E-state index contributed by atoms with van der Waals surface area (Å²) in [4.78, 5) is 31.8. The summed E-state index contributed by atoms with van der Waals surface area (Å²) in [5.41, 5.74) is 0.168. The lowest BCUT2D eigenvalue weighted by Gasteiger charge is -2.35. The number of rotatable bonds is 9. The van der Waals surface area contributed by atoms with Crippen LogP contribution in [-0.2, 0) is 26.6 Å². The quantitative estimate of drug-likeness (QED) is 0.409. The smallest absolute Gasteiger partial charge is 0.389 e. The highest BCUT2D eigenvalue weighted by atomic mass is 32.2. The van der Waals surface area contributed by atoms with Crippen LogP contribution in [0.5, 0.6) is 5.75 Å². The predicted octanol–water partition coefficient (Wildman–Crippen LogP) is 3.82. The van der Waals surface area contributed by atoms with Crippen molar-refractivity contribution in [2.24, 2.45) is 13.0 Å². The topological polar surface area (TPSA) is 143 Å². The Morgan fingerprint density at radius 2 is 1.98 bits per heavy atom. The van der Waals surface area contributed by atoms with Gasteiger partial charge in [0.15, 0.2) is 5.03 Å². The van der Waals surface area contributed by atoms with Crippen LogP contribution < -0.4 is 10.1 Å². The van der Waals surface area contributed by atoms with Crippen LogP contribution >= 0.6 is 0 Å². The minimum Gasteiger partial charge on any atom is -0.490 e. The number of nitrogens with zero attached hydrogens (tertiary/aromatic N) is 4. The van der Waals surface area contributed by atoms with Crippen molar-refractivity contribution in [3.05, 3.63) is 36.3 Å². The highest BCUT2D eigenvalue weighted by Gasteiger charge is 2.33. The van der Waals surface area contributed by atoms with Gasteiger partial charge in [-0.05, 0) is 51.3 Å². The monoisotopic (exact) mass is 675 g/mol. The number of likely N-dealkylation sites (N-methyl/N-ethyl adjacent to an activating group) is 1. The van der Waals surface area contributed by atoms with E-state index in [0.29, 0.717) is 25.9 Å². The van der Waals surface area contributed by atoms with E-state index in [0.717, 1.165) is 0 Å². The Balaban J connectivity index is 1.94. The second-order valence-corrected chi connectivity index (χ2v) is 13.8. The molecule has 1 aromatic carbocycles. The summed E-state index contributed by atoms with van der Waals surface area (Å²) < 4.78 is 79.4. The molecule has 0 saturated carbocycles. The van der Waals surface area contributed by atoms with E-state index in [9.17, 15) is 36.3 Å². The summed E-state index contributed by atoms with van der Waals surface area (Å²) in [6.07, 6.45) is -2.74. The van der Waals surface area contributed by atoms with Gasteiger partial charge in [-0.2, -0.15) is 17.5 Å². The molecule has 0 unspecified atom stereocenters. The largest absolute Gasteiger partial charge is 0.490 e. The molecule has 2 amide bonds. The molecule has 0 aliphatic carbocycles. The number of hydrogen-bond acceptors (Lipinski definition) is 8. The minimum absolute atomic E-state index is 0.0280. The Morgan fingerprint density at radius 3 is 2.61 bits per heavy atom. The predicted molar refractivity (Wildman–Crippen MR) is 164 cm³/mol. The number of anilines is 1. The number of ether oxygens (including phenoxy) is 2. The van der Waals surface area contributed by atoms with Gasteiger partial charge in [0.2, 0.25) is 5.91 Å². The molecule has 3 rings (SSSR count). The normalized spacial score (nSPS) is 21.3. The molecular weight excluding hydrogens is 631 g/mol. The fourth-order valence-electron chi connectivity index (χ4n) is 4.97. The van der Waals surface area contributed by atoms with Gasteiger partial charge in [0.05, 0.1) is 43.2 Å². The second-order valence-electron chi connectivity index (χ2n) is 11.8. The number of imidazole rings is 1. The number of alkyl halides is 3. The lowest BCUT2D eigenvalue weighted by Crippen LogP contribution is -2.48. The Morgan fingerprint density at radius 1 is 1.26 bits per heavy atom. The maximum atomic E-state index is 14.1. The first-order valence-electron chi connectivity index (χ1n) is 15.2. The third-order valence-electron chi connectivity index (χ3n) is 7.76. The van der Waals surface area contributed by atoms with Gasteiger partial charge >= 0.3 is 6.18 Å². The second kappa shape index (κ2) is 16.1. The third-order valence-corrected chi connectivity index (χ3v) is 9.47. The standard InChI is InChI=1S/C30H44F3N5O7S/c1-20-15-38(21(2)18-39)29(41)24-14-23(35-27(40)11-12-30(31,32)33)9-10-25(24)45-22(3)8-6-7-13-44-26(20)16-37(5)46(42,43)28-17-36(4)19-34-28/h9-10,14,17,19-22,26,39H,6-8,11-13,15-16,18H2,1-5H3,(H,35,40)/t20-,21+,22-,26+/m1/s1. The highest BCUT2D eigenvalue weighted by molar-refractivity contribution is 7.89. The van der Waals surface area contributed by atoms with Gasteiger partial charge in [-0.15, -0.1) is 0 Å². The van der Waals surface area contributed by atoms with E-state index in [1.165, 1.54) is 51.5 Å². The van der Waals surface area contributed by atoms with Gasteiger partial charge in [-0.25, -0.2) is 13.4 Å². The van der Waals surface area contributed by atoms with Gasteiger partial charge < -0.3 is 29.4 Å². The van der Waals surface area contributed by atoms with Crippen molar-refractivity contribution < 1.29 is 45.8 Å². The lowest BCUT2D eigenvalue weighted by atomic mass is 10.0. The van der Waals surface area contributed by atoms with Crippen LogP contribution in [0.1, 0.15) is 63.2 Å². The SMILES string of the molecule is C[C@@H]1CCCCO[C@@H](CN(C)S(=O)(=O)c2cn(C)cn2)[C@H](C)CN([C@@H](C)CO)C(=O)c2cc(NC(=O)CCC(F)(F)F)ccc2O1. The Kier molecular flexibility index (Phi) is 13.0. The molecule has 1 aliphatic heterocycles. The van der Waals surface area contributed by atoms with E-state index < -0.39 is 65.5 Å². The number of nitrogens with one attached hydrogen (secondary N) is 1. The molecule has 1 aromatic heterocycles. The molecule has 0 bridgehead atoms. The summed E-state index contributed by atoms with van der Waals surface area (Å²) in [7, 11) is -0.835. The van der Waals surface area contributed by atoms with E-state index in [-0.39, 0.29) is 41.2 Å². The number of aromatic nitrogens is 2. The number of fused-ring (bicyclic) bond motifs is 1. The van der Waals surface area contributed by atoms with E-state index in [1.54, 1.807) is 14.0 Å². The first-order chi connectivity index (χ1) is 21.5. The number of sulfonamides is 1. The molecule has 2 aromatic rings. The van der Waals surface area contributed by atoms with Crippen LogP contribution in [0.15, 0.2) is 35.7 Å². The van der Waals surface area contributed by atoms with Gasteiger partial charge in [0.1, 0.15) is 5.75 Å². The zero-order chi connectivity index (χ0) is 34.2. The van der Waals surface area contributed by atoms with Crippen LogP contribution in [-0.4, -0.2) is 102 Å². The maximum absolute atomic E-state index is 14.1. The molecule has 12 nitrogen and oxygen atoms in total. The van der Waals surface area contributed by atoms with Gasteiger partial charge in [0, 0.05) is 58.0 Å². The summed E-state index contributed by atoms with van der Waals surface area (Å²) in [5, 5.41) is 12.4. The fraction of sp³-hybridized carbons (Fsp3) is 0.633. The molecule has 4 atom stereocenters. The minimum atomic E-state index is -4.49. The molecule has 258 valence electrons. The van der Waals surface area contributed by atoms with Gasteiger partial charge in [0.25, 0.3) is 15.9 Å².